The summed E-state index contributed by atoms with van der Waals surface area (Å²) in [6, 6.07) is 0. The third kappa shape index (κ3) is 11.5. The minimum absolute atomic E-state index is 1.11. The summed E-state index contributed by atoms with van der Waals surface area (Å²) in [5.41, 5.74) is 0. The van der Waals surface area contributed by atoms with E-state index >= 15 is 0 Å². The fourth-order valence-electron chi connectivity index (χ4n) is 0.868. The molecule has 0 aliphatic carbocycles. The molecule has 0 saturated carbocycles. The second-order valence-corrected chi connectivity index (χ2v) is 5.33. The van der Waals surface area contributed by atoms with Gasteiger partial charge < -0.3 is 4.57 Å². The van der Waals surface area contributed by atoms with E-state index in [1.54, 1.807) is 0 Å². The molecule has 0 saturated heterocycles. The number of hydrogen-bond acceptors (Lipinski definition) is 6. The minimum Gasteiger partial charge on any atom is -0.337 e. The Balaban J connectivity index is 0.000000321. The maximum atomic E-state index is 9.44. The summed E-state index contributed by atoms with van der Waals surface area (Å²) in [5, 5.41) is 0. The molecule has 2 N–H and O–H groups in total. The lowest BCUT2D eigenvalue weighted by molar-refractivity contribution is 0.344. The second-order valence-electron chi connectivity index (χ2n) is 3.08. The molecule has 0 aliphatic heterocycles. The van der Waals surface area contributed by atoms with Crippen LogP contribution in [0.2, 0.25) is 0 Å². The fourth-order valence-corrected chi connectivity index (χ4v) is 1.74. The van der Waals surface area contributed by atoms with Crippen molar-refractivity contribution in [1.29, 1.82) is 0 Å². The zero-order valence-electron chi connectivity index (χ0n) is 9.50. The van der Waals surface area contributed by atoms with Gasteiger partial charge in [0.2, 0.25) is 0 Å². The Bertz CT molecular complexity index is 490. The van der Waals surface area contributed by atoms with Crippen molar-refractivity contribution in [3.63, 3.8) is 0 Å². The number of nitrogens with zero attached hydrogens (tertiary/aromatic N) is 2. The molecule has 0 aliphatic rings. The molecule has 0 amide bonds. The van der Waals surface area contributed by atoms with Crippen molar-refractivity contribution in [2.75, 3.05) is 0 Å². The molecular weight excluding hydrogens is 288 g/mol. The van der Waals surface area contributed by atoms with Crippen LogP contribution >= 0.6 is 0 Å². The predicted octanol–water partition coefficient (Wildman–Crippen LogP) is 0.292. The van der Waals surface area contributed by atoms with E-state index in [1.165, 1.54) is 12.8 Å². The first-order valence-electron chi connectivity index (χ1n) is 4.75. The number of aromatic nitrogens is 2. The van der Waals surface area contributed by atoms with Crippen molar-refractivity contribution < 1.29 is 29.6 Å². The van der Waals surface area contributed by atoms with Crippen LogP contribution in [0.1, 0.15) is 19.8 Å². The van der Waals surface area contributed by atoms with Crippen LogP contribution in [-0.4, -0.2) is 35.5 Å². The molecule has 1 aromatic heterocycles. The first-order valence-corrected chi connectivity index (χ1v) is 7.48. The highest BCUT2D eigenvalue weighted by molar-refractivity contribution is 7.94. The summed E-state index contributed by atoms with van der Waals surface area (Å²) in [4.78, 5) is 3.94. The summed E-state index contributed by atoms with van der Waals surface area (Å²) in [5.74, 6) is 0. The Morgan fingerprint density at radius 3 is 2.06 bits per heavy atom. The summed E-state index contributed by atoms with van der Waals surface area (Å²) < 4.78 is 57.7. The molecule has 9 nitrogen and oxygen atoms in total. The van der Waals surface area contributed by atoms with Gasteiger partial charge in [-0.3, -0.25) is 9.11 Å². The van der Waals surface area contributed by atoms with Gasteiger partial charge in [-0.2, -0.15) is 16.8 Å². The lowest BCUT2D eigenvalue weighted by Crippen LogP contribution is -2.10. The maximum absolute atomic E-state index is 9.44. The van der Waals surface area contributed by atoms with Gasteiger partial charge in [-0.25, -0.2) is 4.98 Å². The van der Waals surface area contributed by atoms with Crippen LogP contribution in [0.25, 0.3) is 0 Å². The average molecular weight is 302 g/mol. The van der Waals surface area contributed by atoms with Crippen molar-refractivity contribution in [1.82, 2.24) is 9.55 Å². The summed E-state index contributed by atoms with van der Waals surface area (Å²) in [7, 11) is -10.2. The largest absolute Gasteiger partial charge is 0.413 e. The number of unbranched alkanes of at least 4 members (excludes halogenated alkanes) is 1. The Kier molecular flexibility index (Phi) is 7.01. The molecule has 11 heteroatoms. The van der Waals surface area contributed by atoms with E-state index in [1.807, 2.05) is 18.7 Å². The normalized spacial score (nSPS) is 11.7. The molecule has 18 heavy (non-hydrogen) atoms. The summed E-state index contributed by atoms with van der Waals surface area (Å²) in [6.45, 7) is 3.30. The Morgan fingerprint density at radius 2 is 1.78 bits per heavy atom. The van der Waals surface area contributed by atoms with Gasteiger partial charge in [0.1, 0.15) is 0 Å². The van der Waals surface area contributed by atoms with Crippen LogP contribution < -0.4 is 0 Å². The maximum Gasteiger partial charge on any atom is 0.413 e. The van der Waals surface area contributed by atoms with Gasteiger partial charge in [0.25, 0.3) is 0 Å². The Labute approximate surface area is 105 Å². The van der Waals surface area contributed by atoms with Gasteiger partial charge >= 0.3 is 20.8 Å². The molecule has 1 aromatic rings. The van der Waals surface area contributed by atoms with Crippen molar-refractivity contribution in [3.8, 4) is 0 Å². The fraction of sp³-hybridized carbons (Fsp3) is 0.571. The van der Waals surface area contributed by atoms with Crippen LogP contribution in [0.4, 0.5) is 0 Å². The molecule has 106 valence electrons. The average Bonchev–Trinajstić information content (AvgIpc) is 2.61. The van der Waals surface area contributed by atoms with Gasteiger partial charge in [0.05, 0.1) is 6.33 Å². The van der Waals surface area contributed by atoms with E-state index in [-0.39, 0.29) is 0 Å². The molecule has 0 atom stereocenters. The molecule has 1 rings (SSSR count). The molecular formula is C7H14N2O7S2. The van der Waals surface area contributed by atoms with Gasteiger partial charge in [-0.1, -0.05) is 13.3 Å². The van der Waals surface area contributed by atoms with Crippen LogP contribution in [0.5, 0.6) is 0 Å². The first kappa shape index (κ1) is 17.0. The van der Waals surface area contributed by atoms with Crippen LogP contribution in [0.3, 0.4) is 0 Å². The first-order chi connectivity index (χ1) is 8.14. The predicted molar refractivity (Wildman–Crippen MR) is 61.3 cm³/mol. The van der Waals surface area contributed by atoms with E-state index < -0.39 is 20.8 Å². The Morgan fingerprint density at radius 1 is 1.22 bits per heavy atom. The third-order valence-corrected chi connectivity index (χ3v) is 2.88. The number of imidazole rings is 1. The van der Waals surface area contributed by atoms with Gasteiger partial charge in [0, 0.05) is 18.9 Å². The molecule has 0 aromatic carbocycles. The highest BCUT2D eigenvalue weighted by Gasteiger charge is 2.15. The summed E-state index contributed by atoms with van der Waals surface area (Å²) in [6.07, 6.45) is 8.16. The van der Waals surface area contributed by atoms with E-state index in [0.29, 0.717) is 0 Å². The van der Waals surface area contributed by atoms with Gasteiger partial charge in [0.15, 0.2) is 0 Å². The smallest absolute Gasteiger partial charge is 0.337 e. The van der Waals surface area contributed by atoms with Crippen LogP contribution in [-0.2, 0) is 31.0 Å². The molecule has 1 heterocycles. The van der Waals surface area contributed by atoms with E-state index in [9.17, 15) is 16.8 Å². The SMILES string of the molecule is CCCCn1ccnc1.O=S(=O)(O)OS(=O)(=O)O. The van der Waals surface area contributed by atoms with Crippen LogP contribution in [0.15, 0.2) is 18.7 Å². The number of rotatable bonds is 5. The second kappa shape index (κ2) is 7.43. The van der Waals surface area contributed by atoms with Crippen molar-refractivity contribution in [2.24, 2.45) is 0 Å². The standard InChI is InChI=1S/C7H12N2.H2O7S2/c1-2-3-5-9-6-4-8-7-9;1-8(2,3)7-9(4,5)6/h4,6-7H,2-3,5H2,1H3;(H,1,2,3)(H,4,5,6). The number of hydrogen-bond donors (Lipinski definition) is 2. The molecule has 0 radical (unpaired) electrons. The minimum atomic E-state index is -5.12. The molecule has 0 fully saturated rings. The van der Waals surface area contributed by atoms with Crippen LogP contribution in [0, 0.1) is 0 Å². The topological polar surface area (TPSA) is 136 Å². The molecule has 0 spiro atoms. The zero-order valence-corrected chi connectivity index (χ0v) is 11.1. The van der Waals surface area contributed by atoms with Crippen molar-refractivity contribution >= 4 is 20.8 Å². The lowest BCUT2D eigenvalue weighted by atomic mass is 10.3. The molecule has 0 bridgehead atoms. The van der Waals surface area contributed by atoms with E-state index in [0.717, 1.165) is 6.54 Å². The highest BCUT2D eigenvalue weighted by atomic mass is 32.3. The summed E-state index contributed by atoms with van der Waals surface area (Å²) >= 11 is 0. The highest BCUT2D eigenvalue weighted by Crippen LogP contribution is 1.92. The third-order valence-electron chi connectivity index (χ3n) is 1.50. The Hall–Kier alpha value is -1.01. The van der Waals surface area contributed by atoms with E-state index in [4.69, 9.17) is 9.11 Å². The van der Waals surface area contributed by atoms with Crippen molar-refractivity contribution in [2.45, 2.75) is 26.3 Å². The zero-order chi connectivity index (χ0) is 14.2. The quantitative estimate of drug-likeness (QED) is 0.741. The van der Waals surface area contributed by atoms with Gasteiger partial charge in [-0.15, -0.1) is 3.63 Å². The van der Waals surface area contributed by atoms with Crippen molar-refractivity contribution in [3.05, 3.63) is 18.7 Å². The monoisotopic (exact) mass is 302 g/mol. The molecule has 0 unspecified atom stereocenters. The van der Waals surface area contributed by atoms with E-state index in [2.05, 4.69) is 20.1 Å². The number of aryl methyl sites for hydroxylation is 1. The lowest BCUT2D eigenvalue weighted by Gasteiger charge is -1.96. The van der Waals surface area contributed by atoms with Gasteiger partial charge in [-0.05, 0) is 6.42 Å².